The van der Waals surface area contributed by atoms with Crippen LogP contribution in [-0.4, -0.2) is 54.8 Å². The number of methoxy groups -OCH3 is 1. The standard InChI is InChI=1S/C34H30F3N3O6/c1-40(2)32(43)27-20-21(6-4-8-29(41)46-25-16-12-23(13-17-25)33(44)45-3)9-18-28(27)39-31(42)26-7-5-19-38-30(26)22-10-14-24(15-11-22)34(35,36)37/h5,7,9-20H,4,6,8H2,1-3H3,(H,39,42). The first-order valence-electron chi connectivity index (χ1n) is 14.0. The summed E-state index contributed by atoms with van der Waals surface area (Å²) < 4.78 is 49.1. The normalized spacial score (nSPS) is 11.0. The van der Waals surface area contributed by atoms with Gasteiger partial charge in [-0.25, -0.2) is 4.79 Å². The van der Waals surface area contributed by atoms with Gasteiger partial charge in [0.1, 0.15) is 5.75 Å². The minimum atomic E-state index is -4.51. The number of pyridine rings is 1. The summed E-state index contributed by atoms with van der Waals surface area (Å²) in [5.74, 6) is -1.67. The molecule has 4 aromatic rings. The molecule has 2 amide bonds. The highest BCUT2D eigenvalue weighted by Gasteiger charge is 2.30. The molecule has 1 heterocycles. The van der Waals surface area contributed by atoms with Crippen molar-refractivity contribution in [1.82, 2.24) is 9.88 Å². The molecule has 4 rings (SSSR count). The van der Waals surface area contributed by atoms with Crippen molar-refractivity contribution < 1.29 is 41.8 Å². The number of carbonyl (C=O) groups excluding carboxylic acids is 4. The lowest BCUT2D eigenvalue weighted by Gasteiger charge is -2.17. The van der Waals surface area contributed by atoms with E-state index in [0.29, 0.717) is 24.0 Å². The Balaban J connectivity index is 1.46. The second kappa shape index (κ2) is 14.5. The summed E-state index contributed by atoms with van der Waals surface area (Å²) >= 11 is 0. The van der Waals surface area contributed by atoms with Crippen molar-refractivity contribution in [1.29, 1.82) is 0 Å². The summed E-state index contributed by atoms with van der Waals surface area (Å²) in [5.41, 5.74) is 1.28. The van der Waals surface area contributed by atoms with Gasteiger partial charge in [0.25, 0.3) is 11.8 Å². The molecule has 1 aromatic heterocycles. The zero-order valence-electron chi connectivity index (χ0n) is 25.2. The van der Waals surface area contributed by atoms with Gasteiger partial charge in [0.15, 0.2) is 0 Å². The summed E-state index contributed by atoms with van der Waals surface area (Å²) in [6.45, 7) is 0. The molecule has 0 aliphatic heterocycles. The van der Waals surface area contributed by atoms with Gasteiger partial charge in [0.05, 0.1) is 40.7 Å². The first-order valence-corrected chi connectivity index (χ1v) is 14.0. The van der Waals surface area contributed by atoms with Crippen LogP contribution in [0.2, 0.25) is 0 Å². The van der Waals surface area contributed by atoms with Crippen LogP contribution in [0.15, 0.2) is 85.1 Å². The molecule has 0 unspecified atom stereocenters. The number of nitrogens with zero attached hydrogens (tertiary/aromatic N) is 2. The van der Waals surface area contributed by atoms with Crippen molar-refractivity contribution in [2.75, 3.05) is 26.5 Å². The number of nitrogens with one attached hydrogen (secondary N) is 1. The number of anilines is 1. The van der Waals surface area contributed by atoms with E-state index in [1.165, 1.54) is 66.7 Å². The topological polar surface area (TPSA) is 115 Å². The Hall–Kier alpha value is -5.52. The van der Waals surface area contributed by atoms with E-state index in [0.717, 1.165) is 17.7 Å². The van der Waals surface area contributed by atoms with E-state index in [9.17, 15) is 32.3 Å². The third kappa shape index (κ3) is 8.35. The Morgan fingerprint density at radius 1 is 0.891 bits per heavy atom. The van der Waals surface area contributed by atoms with Crippen LogP contribution in [0.25, 0.3) is 11.3 Å². The number of hydrogen-bond donors (Lipinski definition) is 1. The number of ether oxygens (including phenoxy) is 2. The smallest absolute Gasteiger partial charge is 0.416 e. The fraction of sp³-hybridized carbons (Fsp3) is 0.206. The molecule has 238 valence electrons. The summed E-state index contributed by atoms with van der Waals surface area (Å²) in [6, 6.07) is 18.2. The van der Waals surface area contributed by atoms with Crippen LogP contribution in [0.4, 0.5) is 18.9 Å². The number of halogens is 3. The molecule has 0 radical (unpaired) electrons. The van der Waals surface area contributed by atoms with Gasteiger partial charge in [-0.15, -0.1) is 0 Å². The predicted molar refractivity (Wildman–Crippen MR) is 163 cm³/mol. The molecule has 0 aliphatic rings. The van der Waals surface area contributed by atoms with Crippen LogP contribution < -0.4 is 10.1 Å². The number of aromatic nitrogens is 1. The molecule has 0 aliphatic carbocycles. The van der Waals surface area contributed by atoms with Crippen LogP contribution >= 0.6 is 0 Å². The molecule has 46 heavy (non-hydrogen) atoms. The van der Waals surface area contributed by atoms with Crippen molar-refractivity contribution in [3.05, 3.63) is 113 Å². The monoisotopic (exact) mass is 633 g/mol. The van der Waals surface area contributed by atoms with Gasteiger partial charge < -0.3 is 19.7 Å². The van der Waals surface area contributed by atoms with Crippen LogP contribution in [0, 0.1) is 0 Å². The van der Waals surface area contributed by atoms with E-state index in [2.05, 4.69) is 15.0 Å². The Kier molecular flexibility index (Phi) is 10.5. The summed E-state index contributed by atoms with van der Waals surface area (Å²) in [7, 11) is 4.41. The zero-order valence-corrected chi connectivity index (χ0v) is 25.2. The Bertz CT molecular complexity index is 1740. The van der Waals surface area contributed by atoms with Gasteiger partial charge in [-0.3, -0.25) is 19.4 Å². The Labute approximate surface area is 263 Å². The van der Waals surface area contributed by atoms with E-state index in [-0.39, 0.29) is 40.6 Å². The van der Waals surface area contributed by atoms with Gasteiger partial charge in [-0.05, 0) is 79.1 Å². The first-order chi connectivity index (χ1) is 21.9. The van der Waals surface area contributed by atoms with Gasteiger partial charge in [0, 0.05) is 32.3 Å². The molecule has 9 nitrogen and oxygen atoms in total. The highest BCUT2D eigenvalue weighted by Crippen LogP contribution is 2.31. The molecule has 0 bridgehead atoms. The van der Waals surface area contributed by atoms with E-state index >= 15 is 0 Å². The van der Waals surface area contributed by atoms with Crippen LogP contribution in [-0.2, 0) is 22.1 Å². The maximum absolute atomic E-state index is 13.4. The quantitative estimate of drug-likeness (QED) is 0.158. The van der Waals surface area contributed by atoms with Crippen LogP contribution in [0.3, 0.4) is 0 Å². The lowest BCUT2D eigenvalue weighted by Crippen LogP contribution is -2.24. The van der Waals surface area contributed by atoms with E-state index in [1.54, 1.807) is 32.3 Å². The maximum Gasteiger partial charge on any atom is 0.416 e. The molecule has 0 fully saturated rings. The van der Waals surface area contributed by atoms with E-state index < -0.39 is 29.6 Å². The largest absolute Gasteiger partial charge is 0.465 e. The highest BCUT2D eigenvalue weighted by molar-refractivity contribution is 6.11. The third-order valence-electron chi connectivity index (χ3n) is 6.86. The fourth-order valence-electron chi connectivity index (χ4n) is 4.50. The minimum absolute atomic E-state index is 0.0853. The number of aryl methyl sites for hydroxylation is 1. The van der Waals surface area contributed by atoms with Gasteiger partial charge >= 0.3 is 18.1 Å². The molecule has 3 aromatic carbocycles. The molecule has 0 saturated heterocycles. The lowest BCUT2D eigenvalue weighted by atomic mass is 10.0. The van der Waals surface area contributed by atoms with E-state index in [1.807, 2.05) is 0 Å². The van der Waals surface area contributed by atoms with Crippen LogP contribution in [0.1, 0.15) is 55.0 Å². The summed E-state index contributed by atoms with van der Waals surface area (Å²) in [5, 5.41) is 2.74. The third-order valence-corrected chi connectivity index (χ3v) is 6.86. The number of alkyl halides is 3. The second-order valence-corrected chi connectivity index (χ2v) is 10.4. The number of benzene rings is 3. The SMILES string of the molecule is COC(=O)c1ccc(OC(=O)CCCc2ccc(NC(=O)c3cccnc3-c3ccc(C(F)(F)F)cc3)c(C(=O)N(C)C)c2)cc1. The van der Waals surface area contributed by atoms with Gasteiger partial charge in [-0.1, -0.05) is 18.2 Å². The average Bonchev–Trinajstić information content (AvgIpc) is 3.04. The molecule has 0 saturated carbocycles. The molecular weight excluding hydrogens is 603 g/mol. The zero-order chi connectivity index (χ0) is 33.4. The van der Waals surface area contributed by atoms with Crippen molar-refractivity contribution in [3.63, 3.8) is 0 Å². The van der Waals surface area contributed by atoms with Gasteiger partial charge in [-0.2, -0.15) is 13.2 Å². The summed E-state index contributed by atoms with van der Waals surface area (Å²) in [6.07, 6.45) is -2.15. The molecule has 12 heteroatoms. The second-order valence-electron chi connectivity index (χ2n) is 10.4. The first kappa shape index (κ1) is 33.4. The maximum atomic E-state index is 13.4. The van der Waals surface area contributed by atoms with Crippen molar-refractivity contribution >= 4 is 29.4 Å². The fourth-order valence-corrected chi connectivity index (χ4v) is 4.50. The lowest BCUT2D eigenvalue weighted by molar-refractivity contribution is -0.137. The number of amides is 2. The number of esters is 2. The van der Waals surface area contributed by atoms with Crippen molar-refractivity contribution in [3.8, 4) is 17.0 Å². The Morgan fingerprint density at radius 3 is 2.22 bits per heavy atom. The Morgan fingerprint density at radius 2 is 1.59 bits per heavy atom. The van der Waals surface area contributed by atoms with Crippen molar-refractivity contribution in [2.24, 2.45) is 0 Å². The number of carbonyl (C=O) groups is 4. The molecule has 0 spiro atoms. The van der Waals surface area contributed by atoms with Crippen molar-refractivity contribution in [2.45, 2.75) is 25.4 Å². The molecule has 0 atom stereocenters. The highest BCUT2D eigenvalue weighted by atomic mass is 19.4. The molecule has 1 N–H and O–H groups in total. The predicted octanol–water partition coefficient (Wildman–Crippen LogP) is 6.44. The number of hydrogen-bond acceptors (Lipinski definition) is 7. The van der Waals surface area contributed by atoms with E-state index in [4.69, 9.17) is 4.74 Å². The average molecular weight is 634 g/mol. The number of rotatable bonds is 10. The van der Waals surface area contributed by atoms with Crippen LogP contribution in [0.5, 0.6) is 5.75 Å². The van der Waals surface area contributed by atoms with Gasteiger partial charge in [0.2, 0.25) is 0 Å². The minimum Gasteiger partial charge on any atom is -0.465 e. The summed E-state index contributed by atoms with van der Waals surface area (Å²) in [4.78, 5) is 56.0. The molecular formula is C34H30F3N3O6.